The van der Waals surface area contributed by atoms with Crippen molar-refractivity contribution in [1.82, 2.24) is 0 Å². The first-order valence-corrected chi connectivity index (χ1v) is 4.37. The Balaban J connectivity index is 3.00. The van der Waals surface area contributed by atoms with E-state index in [0.29, 0.717) is 10.0 Å². The van der Waals surface area contributed by atoms with E-state index in [1.165, 1.54) is 0 Å². The molecule has 1 aromatic carbocycles. The summed E-state index contributed by atoms with van der Waals surface area (Å²) in [7, 11) is 0. The van der Waals surface area contributed by atoms with Gasteiger partial charge in [-0.2, -0.15) is 0 Å². The molecule has 0 saturated heterocycles. The molecule has 12 heavy (non-hydrogen) atoms. The van der Waals surface area contributed by atoms with Crippen molar-refractivity contribution in [1.29, 1.82) is 0 Å². The highest BCUT2D eigenvalue weighted by atomic mass is 35.5. The second-order valence-corrected chi connectivity index (χ2v) is 3.29. The Morgan fingerprint density at radius 1 is 1.25 bits per heavy atom. The topological polar surface area (TPSA) is 29.3 Å². The van der Waals surface area contributed by atoms with E-state index in [9.17, 15) is 0 Å². The molecule has 0 aliphatic heterocycles. The van der Waals surface area contributed by atoms with Crippen LogP contribution in [0.5, 0.6) is 0 Å². The molecule has 0 fully saturated rings. The van der Waals surface area contributed by atoms with Gasteiger partial charge in [0.15, 0.2) is 0 Å². The zero-order valence-corrected chi connectivity index (χ0v) is 8.23. The predicted octanol–water partition coefficient (Wildman–Crippen LogP) is 2.69. The number of halogens is 2. The quantitative estimate of drug-likeness (QED) is 0.594. The maximum Gasteiger partial charge on any atom is 0.0546 e. The molecule has 0 aliphatic carbocycles. The van der Waals surface area contributed by atoms with Gasteiger partial charge in [-0.1, -0.05) is 23.2 Å². The molecular formula is C8H10Cl2N2. The van der Waals surface area contributed by atoms with Gasteiger partial charge in [-0.3, -0.25) is 0 Å². The number of anilines is 1. The molecule has 0 spiro atoms. The summed E-state index contributed by atoms with van der Waals surface area (Å²) in [5.74, 6) is 5.65. The molecule has 0 unspecified atom stereocenters. The van der Waals surface area contributed by atoms with Crippen LogP contribution in [0.4, 0.5) is 5.69 Å². The molecule has 4 heteroatoms. The Morgan fingerprint density at radius 2 is 1.75 bits per heavy atom. The normalized spacial score (nSPS) is 10.0. The largest absolute Gasteiger partial charge is 0.311 e. The van der Waals surface area contributed by atoms with Crippen molar-refractivity contribution in [2.45, 2.75) is 6.92 Å². The number of hydrogen-bond acceptors (Lipinski definition) is 2. The third-order valence-electron chi connectivity index (χ3n) is 1.52. The number of benzene rings is 1. The van der Waals surface area contributed by atoms with Crippen LogP contribution in [-0.4, -0.2) is 6.54 Å². The summed E-state index contributed by atoms with van der Waals surface area (Å²) in [6.07, 6.45) is 0. The first-order valence-electron chi connectivity index (χ1n) is 3.62. The van der Waals surface area contributed by atoms with Crippen molar-refractivity contribution in [2.75, 3.05) is 11.6 Å². The lowest BCUT2D eigenvalue weighted by Gasteiger charge is -2.16. The zero-order chi connectivity index (χ0) is 9.14. The molecule has 1 rings (SSSR count). The summed E-state index contributed by atoms with van der Waals surface area (Å²) in [5, 5.41) is 2.78. The van der Waals surface area contributed by atoms with Gasteiger partial charge in [0.25, 0.3) is 0 Å². The number of hydrogen-bond donors (Lipinski definition) is 1. The van der Waals surface area contributed by atoms with Gasteiger partial charge in [-0.05, 0) is 25.1 Å². The lowest BCUT2D eigenvalue weighted by atomic mass is 10.3. The van der Waals surface area contributed by atoms with Gasteiger partial charge < -0.3 is 5.01 Å². The van der Waals surface area contributed by atoms with Crippen LogP contribution in [0.3, 0.4) is 0 Å². The molecule has 0 saturated carbocycles. The standard InChI is InChI=1S/C8H10Cl2N2/c1-2-12(11)8-4-6(9)3-7(10)5-8/h3-5H,2,11H2,1H3. The van der Waals surface area contributed by atoms with E-state index in [4.69, 9.17) is 29.0 Å². The number of hydrazine groups is 1. The predicted molar refractivity (Wildman–Crippen MR) is 53.7 cm³/mol. The number of nitrogens with two attached hydrogens (primary N) is 1. The molecule has 1 aromatic rings. The molecule has 2 nitrogen and oxygen atoms in total. The lowest BCUT2D eigenvalue weighted by molar-refractivity contribution is 0.892. The fourth-order valence-electron chi connectivity index (χ4n) is 0.888. The summed E-state index contributed by atoms with van der Waals surface area (Å²) < 4.78 is 0. The maximum atomic E-state index is 5.78. The Morgan fingerprint density at radius 3 is 2.17 bits per heavy atom. The van der Waals surface area contributed by atoms with Crippen LogP contribution in [-0.2, 0) is 0 Å². The molecule has 2 N–H and O–H groups in total. The average molecular weight is 205 g/mol. The van der Waals surface area contributed by atoms with Crippen LogP contribution in [0.15, 0.2) is 18.2 Å². The third-order valence-corrected chi connectivity index (χ3v) is 1.96. The summed E-state index contributed by atoms with van der Waals surface area (Å²) in [4.78, 5) is 0. The van der Waals surface area contributed by atoms with Gasteiger partial charge in [0, 0.05) is 16.6 Å². The highest BCUT2D eigenvalue weighted by molar-refractivity contribution is 6.35. The van der Waals surface area contributed by atoms with Crippen molar-refractivity contribution in [3.8, 4) is 0 Å². The maximum absolute atomic E-state index is 5.78. The van der Waals surface area contributed by atoms with E-state index >= 15 is 0 Å². The Kier molecular flexibility index (Phi) is 3.20. The molecule has 0 aromatic heterocycles. The average Bonchev–Trinajstić information content (AvgIpc) is 2.01. The van der Waals surface area contributed by atoms with Crippen molar-refractivity contribution < 1.29 is 0 Å². The first kappa shape index (κ1) is 9.65. The van der Waals surface area contributed by atoms with Gasteiger partial charge >= 0.3 is 0 Å². The van der Waals surface area contributed by atoms with Crippen molar-refractivity contribution >= 4 is 28.9 Å². The van der Waals surface area contributed by atoms with Gasteiger partial charge in [0.1, 0.15) is 0 Å². The minimum atomic E-state index is 0.599. The highest BCUT2D eigenvalue weighted by Crippen LogP contribution is 2.23. The minimum absolute atomic E-state index is 0.599. The van der Waals surface area contributed by atoms with Crippen LogP contribution >= 0.6 is 23.2 Å². The van der Waals surface area contributed by atoms with Gasteiger partial charge in [0.2, 0.25) is 0 Å². The van der Waals surface area contributed by atoms with Crippen LogP contribution in [0, 0.1) is 0 Å². The first-order chi connectivity index (χ1) is 5.63. The molecular weight excluding hydrogens is 195 g/mol. The summed E-state index contributed by atoms with van der Waals surface area (Å²) in [6, 6.07) is 5.23. The van der Waals surface area contributed by atoms with Crippen molar-refractivity contribution in [3.63, 3.8) is 0 Å². The second kappa shape index (κ2) is 3.99. The van der Waals surface area contributed by atoms with Crippen LogP contribution < -0.4 is 10.9 Å². The van der Waals surface area contributed by atoms with Gasteiger partial charge in [-0.25, -0.2) is 5.84 Å². The van der Waals surface area contributed by atoms with E-state index < -0.39 is 0 Å². The van der Waals surface area contributed by atoms with Gasteiger partial charge in [-0.15, -0.1) is 0 Å². The molecule has 0 radical (unpaired) electrons. The molecule has 0 amide bonds. The number of rotatable bonds is 2. The van der Waals surface area contributed by atoms with E-state index in [0.717, 1.165) is 12.2 Å². The van der Waals surface area contributed by atoms with Crippen molar-refractivity contribution in [3.05, 3.63) is 28.2 Å². The van der Waals surface area contributed by atoms with Crippen molar-refractivity contribution in [2.24, 2.45) is 5.84 Å². The van der Waals surface area contributed by atoms with E-state index in [1.54, 1.807) is 23.2 Å². The fraction of sp³-hybridized carbons (Fsp3) is 0.250. The smallest absolute Gasteiger partial charge is 0.0546 e. The lowest BCUT2D eigenvalue weighted by Crippen LogP contribution is -2.30. The van der Waals surface area contributed by atoms with E-state index in [2.05, 4.69) is 0 Å². The van der Waals surface area contributed by atoms with E-state index in [-0.39, 0.29) is 0 Å². The molecule has 66 valence electrons. The summed E-state index contributed by atoms with van der Waals surface area (Å²) >= 11 is 11.6. The fourth-order valence-corrected chi connectivity index (χ4v) is 1.40. The van der Waals surface area contributed by atoms with Gasteiger partial charge in [0.05, 0.1) is 5.69 Å². The zero-order valence-electron chi connectivity index (χ0n) is 6.72. The van der Waals surface area contributed by atoms with E-state index in [1.807, 2.05) is 6.92 Å². The van der Waals surface area contributed by atoms with Crippen LogP contribution in [0.2, 0.25) is 10.0 Å². The molecule has 0 heterocycles. The summed E-state index contributed by atoms with van der Waals surface area (Å²) in [6.45, 7) is 2.67. The Labute approximate surface area is 81.8 Å². The highest BCUT2D eigenvalue weighted by Gasteiger charge is 2.01. The minimum Gasteiger partial charge on any atom is -0.311 e. The third kappa shape index (κ3) is 2.27. The molecule has 0 bridgehead atoms. The Hall–Kier alpha value is -0.440. The van der Waals surface area contributed by atoms with Crippen LogP contribution in [0.25, 0.3) is 0 Å². The number of nitrogens with zero attached hydrogens (tertiary/aromatic N) is 1. The Bertz CT molecular complexity index is 256. The second-order valence-electron chi connectivity index (χ2n) is 2.41. The van der Waals surface area contributed by atoms with Crippen LogP contribution in [0.1, 0.15) is 6.92 Å². The summed E-state index contributed by atoms with van der Waals surface area (Å²) in [5.41, 5.74) is 0.829. The molecule has 0 atom stereocenters. The molecule has 0 aliphatic rings. The monoisotopic (exact) mass is 204 g/mol. The SMILES string of the molecule is CCN(N)c1cc(Cl)cc(Cl)c1.